The van der Waals surface area contributed by atoms with Crippen molar-refractivity contribution in [3.8, 4) is 5.75 Å². The van der Waals surface area contributed by atoms with Crippen molar-refractivity contribution in [3.05, 3.63) is 29.3 Å². The first-order valence-electron chi connectivity index (χ1n) is 9.88. The van der Waals surface area contributed by atoms with Gasteiger partial charge in [0.1, 0.15) is 11.9 Å². The van der Waals surface area contributed by atoms with Gasteiger partial charge in [-0.2, -0.15) is 0 Å². The molecule has 3 rings (SSSR count). The molecular weight excluding hydrogens is 346 g/mol. The van der Waals surface area contributed by atoms with Gasteiger partial charge in [-0.05, 0) is 44.4 Å². The van der Waals surface area contributed by atoms with E-state index in [1.807, 2.05) is 13.0 Å². The maximum Gasteiger partial charge on any atom is 0.124 e. The lowest BCUT2D eigenvalue weighted by molar-refractivity contribution is -0.223. The molecule has 1 aromatic carbocycles. The van der Waals surface area contributed by atoms with Gasteiger partial charge in [-0.1, -0.05) is 6.07 Å². The van der Waals surface area contributed by atoms with Gasteiger partial charge in [0.05, 0.1) is 31.5 Å². The fraction of sp³-hybridized carbons (Fsp3) is 0.714. The van der Waals surface area contributed by atoms with Crippen LogP contribution in [0.2, 0.25) is 0 Å². The van der Waals surface area contributed by atoms with Crippen LogP contribution in [0, 0.1) is 0 Å². The Kier molecular flexibility index (Phi) is 6.43. The maximum atomic E-state index is 10.4. The monoisotopic (exact) mass is 379 g/mol. The van der Waals surface area contributed by atoms with Crippen molar-refractivity contribution in [1.82, 2.24) is 4.90 Å². The number of benzene rings is 1. The van der Waals surface area contributed by atoms with Crippen molar-refractivity contribution in [2.24, 2.45) is 0 Å². The third kappa shape index (κ3) is 4.81. The molecule has 27 heavy (non-hydrogen) atoms. The molecule has 6 heteroatoms. The summed E-state index contributed by atoms with van der Waals surface area (Å²) in [7, 11) is 1.69. The Balaban J connectivity index is 1.59. The van der Waals surface area contributed by atoms with E-state index in [-0.39, 0.29) is 12.2 Å². The van der Waals surface area contributed by atoms with Gasteiger partial charge in [0.2, 0.25) is 0 Å². The summed E-state index contributed by atoms with van der Waals surface area (Å²) < 4.78 is 17.0. The second-order valence-corrected chi connectivity index (χ2v) is 8.10. The Morgan fingerprint density at radius 2 is 2.04 bits per heavy atom. The summed E-state index contributed by atoms with van der Waals surface area (Å²) in [4.78, 5) is 2.42. The molecule has 2 saturated heterocycles. The Labute approximate surface area is 162 Å². The third-order valence-corrected chi connectivity index (χ3v) is 5.93. The van der Waals surface area contributed by atoms with Crippen molar-refractivity contribution < 1.29 is 24.4 Å². The predicted molar refractivity (Wildman–Crippen MR) is 103 cm³/mol. The molecule has 1 spiro atoms. The number of likely N-dealkylation sites (tertiary alicyclic amines) is 1. The summed E-state index contributed by atoms with van der Waals surface area (Å²) in [5.74, 6) is 0.862. The number of ether oxygens (including phenoxy) is 3. The molecule has 0 amide bonds. The highest BCUT2D eigenvalue weighted by molar-refractivity contribution is 5.37. The van der Waals surface area contributed by atoms with Crippen molar-refractivity contribution in [2.75, 3.05) is 33.4 Å². The van der Waals surface area contributed by atoms with E-state index in [1.54, 1.807) is 14.0 Å². The van der Waals surface area contributed by atoms with Gasteiger partial charge in [0, 0.05) is 38.2 Å². The van der Waals surface area contributed by atoms with Gasteiger partial charge >= 0.3 is 0 Å². The number of aliphatic hydroxyl groups excluding tert-OH is 1. The van der Waals surface area contributed by atoms with Crippen molar-refractivity contribution in [3.63, 3.8) is 0 Å². The standard InChI is InChI=1S/C21H33NO5/c1-4-26-13-17-11-16(5-6-18(17)25-3)12-22-9-7-21(8-10-22)15-20(2,24)19(23)14-27-21/h5-6,11,19,23-24H,4,7-10,12-15H2,1-3H3/t19-,20-/m0/s1. The van der Waals surface area contributed by atoms with E-state index in [0.717, 1.165) is 43.8 Å². The largest absolute Gasteiger partial charge is 0.496 e. The number of nitrogens with zero attached hydrogens (tertiary/aromatic N) is 1. The lowest BCUT2D eigenvalue weighted by Gasteiger charge is -2.50. The topological polar surface area (TPSA) is 71.4 Å². The first kappa shape index (κ1) is 20.6. The molecule has 0 aliphatic carbocycles. The summed E-state index contributed by atoms with van der Waals surface area (Å²) in [5.41, 5.74) is 0.948. The van der Waals surface area contributed by atoms with Gasteiger partial charge in [0.25, 0.3) is 0 Å². The van der Waals surface area contributed by atoms with E-state index in [2.05, 4.69) is 17.0 Å². The average Bonchev–Trinajstić information content (AvgIpc) is 2.65. The van der Waals surface area contributed by atoms with Gasteiger partial charge in [0.15, 0.2) is 0 Å². The van der Waals surface area contributed by atoms with Gasteiger partial charge in [-0.15, -0.1) is 0 Å². The highest BCUT2D eigenvalue weighted by atomic mass is 16.5. The predicted octanol–water partition coefficient (Wildman–Crippen LogP) is 2.10. The van der Waals surface area contributed by atoms with E-state index in [4.69, 9.17) is 14.2 Å². The van der Waals surface area contributed by atoms with Crippen molar-refractivity contribution >= 4 is 0 Å². The number of aliphatic hydroxyl groups is 2. The zero-order chi connectivity index (χ0) is 19.5. The number of rotatable bonds is 6. The third-order valence-electron chi connectivity index (χ3n) is 5.93. The molecule has 2 aliphatic rings. The van der Waals surface area contributed by atoms with Gasteiger partial charge < -0.3 is 24.4 Å². The van der Waals surface area contributed by atoms with E-state index in [1.165, 1.54) is 5.56 Å². The Morgan fingerprint density at radius 1 is 1.30 bits per heavy atom. The van der Waals surface area contributed by atoms with Gasteiger partial charge in [-0.3, -0.25) is 4.90 Å². The van der Waals surface area contributed by atoms with Gasteiger partial charge in [-0.25, -0.2) is 0 Å². The van der Waals surface area contributed by atoms with Crippen LogP contribution in [0.15, 0.2) is 18.2 Å². The Hall–Kier alpha value is -1.18. The molecule has 2 heterocycles. The molecule has 0 saturated carbocycles. The van der Waals surface area contributed by atoms with Crippen LogP contribution in [0.3, 0.4) is 0 Å². The minimum atomic E-state index is -1.06. The van der Waals surface area contributed by atoms with Crippen LogP contribution in [-0.4, -0.2) is 65.8 Å². The molecule has 2 N–H and O–H groups in total. The number of piperidine rings is 1. The zero-order valence-corrected chi connectivity index (χ0v) is 16.7. The van der Waals surface area contributed by atoms with Crippen LogP contribution in [0.4, 0.5) is 0 Å². The molecule has 0 aromatic heterocycles. The minimum Gasteiger partial charge on any atom is -0.496 e. The van der Waals surface area contributed by atoms with Crippen molar-refractivity contribution in [2.45, 2.75) is 63.6 Å². The van der Waals surface area contributed by atoms with E-state index < -0.39 is 11.7 Å². The molecule has 0 radical (unpaired) electrons. The summed E-state index contributed by atoms with van der Waals surface area (Å²) in [6, 6.07) is 6.28. The molecule has 0 unspecified atom stereocenters. The normalized spacial score (nSPS) is 28.4. The number of methoxy groups -OCH3 is 1. The van der Waals surface area contributed by atoms with Crippen LogP contribution < -0.4 is 4.74 Å². The fourth-order valence-corrected chi connectivity index (χ4v) is 4.21. The van der Waals surface area contributed by atoms with E-state index in [9.17, 15) is 10.2 Å². The summed E-state index contributed by atoms with van der Waals surface area (Å²) in [5, 5.41) is 20.4. The Morgan fingerprint density at radius 3 is 2.67 bits per heavy atom. The second-order valence-electron chi connectivity index (χ2n) is 8.10. The van der Waals surface area contributed by atoms with Crippen molar-refractivity contribution in [1.29, 1.82) is 0 Å². The molecule has 2 fully saturated rings. The van der Waals surface area contributed by atoms with Crippen LogP contribution in [0.25, 0.3) is 0 Å². The lowest BCUT2D eigenvalue weighted by Crippen LogP contribution is -2.59. The molecule has 0 bridgehead atoms. The summed E-state index contributed by atoms with van der Waals surface area (Å²) >= 11 is 0. The SMILES string of the molecule is CCOCc1cc(CN2CCC3(CC2)C[C@](C)(O)[C@@H](O)CO3)ccc1OC. The quantitative estimate of drug-likeness (QED) is 0.789. The van der Waals surface area contributed by atoms with Crippen LogP contribution in [0.5, 0.6) is 5.75 Å². The zero-order valence-electron chi connectivity index (χ0n) is 16.7. The van der Waals surface area contributed by atoms with Crippen LogP contribution in [0.1, 0.15) is 44.2 Å². The first-order valence-corrected chi connectivity index (χ1v) is 9.88. The molecular formula is C21H33NO5. The average molecular weight is 379 g/mol. The second kappa shape index (κ2) is 8.45. The fourth-order valence-electron chi connectivity index (χ4n) is 4.21. The maximum absolute atomic E-state index is 10.4. The highest BCUT2D eigenvalue weighted by Crippen LogP contribution is 2.39. The molecule has 2 atom stereocenters. The van der Waals surface area contributed by atoms with E-state index >= 15 is 0 Å². The smallest absolute Gasteiger partial charge is 0.124 e. The summed E-state index contributed by atoms with van der Waals surface area (Å²) in [6.07, 6.45) is 1.44. The summed E-state index contributed by atoms with van der Waals surface area (Å²) in [6.45, 7) is 7.86. The Bertz CT molecular complexity index is 625. The molecule has 1 aromatic rings. The molecule has 2 aliphatic heterocycles. The minimum absolute atomic E-state index is 0.215. The van der Waals surface area contributed by atoms with Crippen LogP contribution in [-0.2, 0) is 22.6 Å². The van der Waals surface area contributed by atoms with E-state index in [0.29, 0.717) is 19.6 Å². The first-order chi connectivity index (χ1) is 12.9. The molecule has 6 nitrogen and oxygen atoms in total. The number of hydrogen-bond acceptors (Lipinski definition) is 6. The highest BCUT2D eigenvalue weighted by Gasteiger charge is 2.48. The molecule has 152 valence electrons. The van der Waals surface area contributed by atoms with Crippen LogP contribution >= 0.6 is 0 Å². The number of hydrogen-bond donors (Lipinski definition) is 2. The lowest BCUT2D eigenvalue weighted by atomic mass is 9.76.